The Labute approximate surface area is 192 Å². The Morgan fingerprint density at radius 1 is 1.03 bits per heavy atom. The predicted octanol–water partition coefficient (Wildman–Crippen LogP) is 4.15. The first-order chi connectivity index (χ1) is 15.7. The molecule has 0 aliphatic carbocycles. The smallest absolute Gasteiger partial charge is 0.252 e. The number of carbonyl (C=O) groups excluding carboxylic acids is 2. The number of para-hydroxylation sites is 1. The van der Waals surface area contributed by atoms with Gasteiger partial charge in [0.05, 0.1) is 17.9 Å². The highest BCUT2D eigenvalue weighted by molar-refractivity contribution is 8.00. The van der Waals surface area contributed by atoms with E-state index in [0.29, 0.717) is 30.9 Å². The van der Waals surface area contributed by atoms with Gasteiger partial charge in [0.15, 0.2) is 0 Å². The fourth-order valence-electron chi connectivity index (χ4n) is 3.72. The van der Waals surface area contributed by atoms with Gasteiger partial charge in [-0.05, 0) is 43.5 Å². The summed E-state index contributed by atoms with van der Waals surface area (Å²) in [6, 6.07) is 17.2. The van der Waals surface area contributed by atoms with Gasteiger partial charge >= 0.3 is 0 Å². The van der Waals surface area contributed by atoms with Crippen molar-refractivity contribution in [3.63, 3.8) is 0 Å². The summed E-state index contributed by atoms with van der Waals surface area (Å²) in [6.07, 6.45) is 4.59. The maximum Gasteiger partial charge on any atom is 0.252 e. The Morgan fingerprint density at radius 2 is 1.84 bits per heavy atom. The zero-order chi connectivity index (χ0) is 22.2. The molecule has 32 heavy (non-hydrogen) atoms. The molecule has 4 rings (SSSR count). The number of amides is 2. The molecule has 166 valence electrons. The van der Waals surface area contributed by atoms with E-state index in [4.69, 9.17) is 4.74 Å². The van der Waals surface area contributed by atoms with Crippen molar-refractivity contribution in [3.8, 4) is 5.75 Å². The number of fused-ring (bicyclic) bond motifs is 1. The van der Waals surface area contributed by atoms with Crippen LogP contribution in [0.3, 0.4) is 0 Å². The van der Waals surface area contributed by atoms with Crippen molar-refractivity contribution in [2.45, 2.75) is 24.2 Å². The third-order valence-corrected chi connectivity index (χ3v) is 6.46. The first kappa shape index (κ1) is 22.1. The molecule has 1 saturated heterocycles. The summed E-state index contributed by atoms with van der Waals surface area (Å²) < 4.78 is 5.88. The molecule has 0 bridgehead atoms. The molecule has 6 nitrogen and oxygen atoms in total. The molecule has 0 saturated carbocycles. The van der Waals surface area contributed by atoms with Crippen LogP contribution in [-0.4, -0.2) is 53.7 Å². The summed E-state index contributed by atoms with van der Waals surface area (Å²) >= 11 is 1.43. The van der Waals surface area contributed by atoms with Gasteiger partial charge in [0.1, 0.15) is 11.3 Å². The predicted molar refractivity (Wildman–Crippen MR) is 127 cm³/mol. The van der Waals surface area contributed by atoms with Crippen molar-refractivity contribution in [3.05, 3.63) is 66.4 Å². The van der Waals surface area contributed by atoms with Gasteiger partial charge in [0.25, 0.3) is 5.91 Å². The number of likely N-dealkylation sites (tertiary alicyclic amines) is 1. The van der Waals surface area contributed by atoms with Crippen LogP contribution >= 0.6 is 11.8 Å². The molecule has 2 aromatic carbocycles. The Hall–Kier alpha value is -3.06. The Kier molecular flexibility index (Phi) is 7.61. The van der Waals surface area contributed by atoms with E-state index >= 15 is 0 Å². The molecule has 7 heteroatoms. The fourth-order valence-corrected chi connectivity index (χ4v) is 4.67. The molecule has 1 aliphatic rings. The number of hydrogen-bond donors (Lipinski definition) is 1. The largest absolute Gasteiger partial charge is 0.491 e. The topological polar surface area (TPSA) is 71.5 Å². The maximum absolute atomic E-state index is 12.7. The number of carbonyl (C=O) groups is 2. The average Bonchev–Trinajstić information content (AvgIpc) is 3.38. The lowest BCUT2D eigenvalue weighted by atomic mass is 10.2. The molecule has 1 aromatic heterocycles. The van der Waals surface area contributed by atoms with Crippen LogP contribution in [0, 0.1) is 0 Å². The van der Waals surface area contributed by atoms with Gasteiger partial charge in [-0.1, -0.05) is 30.3 Å². The lowest BCUT2D eigenvalue weighted by Crippen LogP contribution is -2.29. The minimum absolute atomic E-state index is 0.131. The first-order valence-electron chi connectivity index (χ1n) is 11.0. The van der Waals surface area contributed by atoms with Crippen LogP contribution in [0.15, 0.2) is 65.7 Å². The molecule has 0 radical (unpaired) electrons. The number of benzene rings is 2. The molecule has 0 unspecified atom stereocenters. The third kappa shape index (κ3) is 5.59. The van der Waals surface area contributed by atoms with Gasteiger partial charge in [-0.15, -0.1) is 11.8 Å². The molecule has 1 fully saturated rings. The number of pyridine rings is 1. The second-order valence-electron chi connectivity index (χ2n) is 7.66. The molecule has 2 heterocycles. The van der Waals surface area contributed by atoms with Crippen molar-refractivity contribution < 1.29 is 14.3 Å². The number of nitrogens with zero attached hydrogens (tertiary/aromatic N) is 2. The summed E-state index contributed by atoms with van der Waals surface area (Å²) in [4.78, 5) is 32.2. The highest BCUT2D eigenvalue weighted by Crippen LogP contribution is 2.24. The van der Waals surface area contributed by atoms with Crippen molar-refractivity contribution in [2.75, 3.05) is 32.0 Å². The fraction of sp³-hybridized carbons (Fsp3) is 0.320. The average molecular weight is 450 g/mol. The lowest BCUT2D eigenvalue weighted by molar-refractivity contribution is -0.127. The highest BCUT2D eigenvalue weighted by atomic mass is 32.2. The molecule has 0 atom stereocenters. The normalized spacial score (nSPS) is 13.3. The van der Waals surface area contributed by atoms with Gasteiger partial charge in [0, 0.05) is 36.1 Å². The van der Waals surface area contributed by atoms with E-state index in [9.17, 15) is 9.59 Å². The Morgan fingerprint density at radius 3 is 2.72 bits per heavy atom. The first-order valence-corrected chi connectivity index (χ1v) is 12.0. The van der Waals surface area contributed by atoms with Crippen molar-refractivity contribution >= 4 is 34.5 Å². The minimum atomic E-state index is -0.131. The summed E-state index contributed by atoms with van der Waals surface area (Å²) in [6.45, 7) is 2.68. The van der Waals surface area contributed by atoms with Crippen LogP contribution in [-0.2, 0) is 4.79 Å². The Balaban J connectivity index is 1.25. The van der Waals surface area contributed by atoms with E-state index in [1.807, 2.05) is 53.4 Å². The van der Waals surface area contributed by atoms with Crippen LogP contribution < -0.4 is 10.1 Å². The van der Waals surface area contributed by atoms with Crippen molar-refractivity contribution in [2.24, 2.45) is 0 Å². The van der Waals surface area contributed by atoms with Crippen molar-refractivity contribution in [1.82, 2.24) is 15.2 Å². The standard InChI is InChI=1S/C25H27N3O3S/c29-23(28-15-3-4-16-28)18-32-22-12-2-1-10-20(22)25(30)27-14-7-17-31-21-11-5-8-19-9-6-13-26-24(19)21/h1-2,5-6,8-13H,3-4,7,14-18H2,(H,27,30). The highest BCUT2D eigenvalue weighted by Gasteiger charge is 2.19. The monoisotopic (exact) mass is 449 g/mol. The van der Waals surface area contributed by atoms with Crippen molar-refractivity contribution in [1.29, 1.82) is 0 Å². The van der Waals surface area contributed by atoms with Crippen LogP contribution in [0.5, 0.6) is 5.75 Å². The van der Waals surface area contributed by atoms with Gasteiger partial charge in [0.2, 0.25) is 5.91 Å². The number of nitrogens with one attached hydrogen (secondary N) is 1. The van der Waals surface area contributed by atoms with Gasteiger partial charge in [-0.3, -0.25) is 14.6 Å². The number of ether oxygens (including phenoxy) is 1. The number of hydrogen-bond acceptors (Lipinski definition) is 5. The molecule has 1 N–H and O–H groups in total. The lowest BCUT2D eigenvalue weighted by Gasteiger charge is -2.15. The van der Waals surface area contributed by atoms with E-state index in [1.54, 1.807) is 12.3 Å². The van der Waals surface area contributed by atoms with Gasteiger partial charge in [-0.2, -0.15) is 0 Å². The second kappa shape index (κ2) is 11.0. The maximum atomic E-state index is 12.7. The van der Waals surface area contributed by atoms with Crippen LogP contribution in [0.25, 0.3) is 10.9 Å². The van der Waals surface area contributed by atoms with E-state index in [0.717, 1.165) is 47.5 Å². The SMILES string of the molecule is O=C(NCCCOc1cccc2cccnc12)c1ccccc1SCC(=O)N1CCCC1. The van der Waals surface area contributed by atoms with E-state index < -0.39 is 0 Å². The van der Waals surface area contributed by atoms with E-state index in [2.05, 4.69) is 10.3 Å². The summed E-state index contributed by atoms with van der Waals surface area (Å²) in [5, 5.41) is 4.00. The molecule has 3 aromatic rings. The minimum Gasteiger partial charge on any atom is -0.491 e. The second-order valence-corrected chi connectivity index (χ2v) is 8.68. The van der Waals surface area contributed by atoms with E-state index in [-0.39, 0.29) is 11.8 Å². The number of rotatable bonds is 9. The third-order valence-electron chi connectivity index (χ3n) is 5.40. The number of thioether (sulfide) groups is 1. The van der Waals surface area contributed by atoms with Crippen LogP contribution in [0.4, 0.5) is 0 Å². The number of aromatic nitrogens is 1. The van der Waals surface area contributed by atoms with Crippen LogP contribution in [0.1, 0.15) is 29.6 Å². The summed E-state index contributed by atoms with van der Waals surface area (Å²) in [5.41, 5.74) is 1.44. The molecular weight excluding hydrogens is 422 g/mol. The quantitative estimate of drug-likeness (QED) is 0.393. The molecule has 1 aliphatic heterocycles. The van der Waals surface area contributed by atoms with E-state index in [1.165, 1.54) is 11.8 Å². The zero-order valence-electron chi connectivity index (χ0n) is 18.0. The van der Waals surface area contributed by atoms with Gasteiger partial charge in [-0.25, -0.2) is 0 Å². The molecular formula is C25H27N3O3S. The zero-order valence-corrected chi connectivity index (χ0v) is 18.8. The summed E-state index contributed by atoms with van der Waals surface area (Å²) in [7, 11) is 0. The summed E-state index contributed by atoms with van der Waals surface area (Å²) in [5.74, 6) is 1.12. The Bertz CT molecular complexity index is 1080. The van der Waals surface area contributed by atoms with Crippen LogP contribution in [0.2, 0.25) is 0 Å². The molecule has 2 amide bonds. The van der Waals surface area contributed by atoms with Gasteiger partial charge < -0.3 is 15.0 Å². The molecule has 0 spiro atoms.